The minimum absolute atomic E-state index is 0.202. The van der Waals surface area contributed by atoms with Gasteiger partial charge in [-0.15, -0.1) is 0 Å². The molecule has 3 aromatic heterocycles. The van der Waals surface area contributed by atoms with Gasteiger partial charge in [0.25, 0.3) is 0 Å². The van der Waals surface area contributed by atoms with E-state index in [2.05, 4.69) is 35.9 Å². The minimum atomic E-state index is 0.202. The molecule has 0 atom stereocenters. The first-order valence-electron chi connectivity index (χ1n) is 9.68. The maximum absolute atomic E-state index is 6.16. The van der Waals surface area contributed by atoms with E-state index in [1.54, 1.807) is 12.4 Å². The number of nitrogens with zero attached hydrogens (tertiary/aromatic N) is 6. The summed E-state index contributed by atoms with van der Waals surface area (Å²) in [4.78, 5) is 24.5. The van der Waals surface area contributed by atoms with Gasteiger partial charge < -0.3 is 10.6 Å². The number of hydrogen-bond donors (Lipinski definition) is 1. The molecule has 2 N–H and O–H groups in total. The first kappa shape index (κ1) is 18.0. The molecule has 0 aromatic carbocycles. The summed E-state index contributed by atoms with van der Waals surface area (Å²) < 4.78 is 0. The molecule has 0 saturated heterocycles. The number of allylic oxidation sites excluding steroid dienone is 1. The summed E-state index contributed by atoms with van der Waals surface area (Å²) in [5.41, 5.74) is 10.6. The van der Waals surface area contributed by atoms with Crippen LogP contribution in [0, 0.1) is 0 Å². The molecule has 0 radical (unpaired) electrons. The molecule has 0 bridgehead atoms. The molecular weight excluding hydrogens is 386 g/mol. The van der Waals surface area contributed by atoms with Crippen LogP contribution in [0.25, 0.3) is 16.6 Å². The number of aliphatic imine (C=N–C) groups is 1. The van der Waals surface area contributed by atoms with Gasteiger partial charge >= 0.3 is 0 Å². The van der Waals surface area contributed by atoms with Crippen molar-refractivity contribution in [2.24, 2.45) is 10.7 Å². The highest BCUT2D eigenvalue weighted by Crippen LogP contribution is 2.30. The average molecular weight is 406 g/mol. The summed E-state index contributed by atoms with van der Waals surface area (Å²) in [5, 5.41) is 1.09. The summed E-state index contributed by atoms with van der Waals surface area (Å²) in [5.74, 6) is 0.800. The molecule has 7 nitrogen and oxygen atoms in total. The van der Waals surface area contributed by atoms with E-state index in [-0.39, 0.29) is 5.28 Å². The van der Waals surface area contributed by atoms with Crippen LogP contribution < -0.4 is 10.6 Å². The second kappa shape index (κ2) is 7.40. The molecule has 5 rings (SSSR count). The average Bonchev–Trinajstić information content (AvgIpc) is 3.57. The van der Waals surface area contributed by atoms with Crippen LogP contribution in [0.4, 0.5) is 5.82 Å². The lowest BCUT2D eigenvalue weighted by atomic mass is 10.0. The zero-order valence-corrected chi connectivity index (χ0v) is 16.5. The van der Waals surface area contributed by atoms with Crippen LogP contribution >= 0.6 is 11.6 Å². The van der Waals surface area contributed by atoms with Crippen LogP contribution in [0.3, 0.4) is 0 Å². The van der Waals surface area contributed by atoms with Crippen LogP contribution in [-0.2, 0) is 13.0 Å². The van der Waals surface area contributed by atoms with Gasteiger partial charge in [-0.2, -0.15) is 9.97 Å². The van der Waals surface area contributed by atoms with Crippen molar-refractivity contribution < 1.29 is 0 Å². The zero-order chi connectivity index (χ0) is 19.8. The highest BCUT2D eigenvalue weighted by Gasteiger charge is 2.23. The van der Waals surface area contributed by atoms with Crippen molar-refractivity contribution in [1.29, 1.82) is 0 Å². The lowest BCUT2D eigenvalue weighted by Gasteiger charge is -2.30. The van der Waals surface area contributed by atoms with Crippen molar-refractivity contribution in [3.8, 4) is 0 Å². The minimum Gasteiger partial charge on any atom is -0.404 e. The second-order valence-corrected chi connectivity index (χ2v) is 7.66. The molecule has 1 fully saturated rings. The molecule has 29 heavy (non-hydrogen) atoms. The van der Waals surface area contributed by atoms with Gasteiger partial charge in [-0.25, -0.2) is 4.98 Å². The number of halogens is 1. The van der Waals surface area contributed by atoms with Crippen LogP contribution in [-0.4, -0.2) is 38.7 Å². The van der Waals surface area contributed by atoms with Crippen molar-refractivity contribution >= 4 is 40.2 Å². The second-order valence-electron chi connectivity index (χ2n) is 7.32. The Hall–Kier alpha value is -3.06. The molecule has 1 aliphatic heterocycles. The topological polar surface area (TPSA) is 93.2 Å². The largest absolute Gasteiger partial charge is 0.404 e. The van der Waals surface area contributed by atoms with Crippen molar-refractivity contribution in [2.75, 3.05) is 11.4 Å². The third-order valence-corrected chi connectivity index (χ3v) is 5.42. The first-order chi connectivity index (χ1) is 14.2. The number of hydrogen-bond acceptors (Lipinski definition) is 7. The number of nitrogens with two attached hydrogens (primary N) is 1. The van der Waals surface area contributed by atoms with E-state index < -0.39 is 0 Å². The number of rotatable bonds is 4. The molecule has 0 unspecified atom stereocenters. The summed E-state index contributed by atoms with van der Waals surface area (Å²) in [6.45, 7) is 1.49. The lowest BCUT2D eigenvalue weighted by molar-refractivity contribution is 0.704. The van der Waals surface area contributed by atoms with Gasteiger partial charge in [-0.3, -0.25) is 9.98 Å². The Balaban J connectivity index is 1.48. The Labute approximate surface area is 173 Å². The molecule has 8 heteroatoms. The fourth-order valence-corrected chi connectivity index (χ4v) is 3.71. The smallest absolute Gasteiger partial charge is 0.226 e. The molecule has 1 aliphatic carbocycles. The van der Waals surface area contributed by atoms with Gasteiger partial charge in [0.15, 0.2) is 5.65 Å². The third kappa shape index (κ3) is 3.65. The molecule has 4 heterocycles. The van der Waals surface area contributed by atoms with E-state index in [1.807, 2.05) is 24.5 Å². The van der Waals surface area contributed by atoms with Gasteiger partial charge in [0.05, 0.1) is 11.4 Å². The SMILES string of the molecule is N/C=C(\C=NC1CC1)c1cnc2c(c1)CN(c1nc(Cl)nc3ncccc13)CC2. The van der Waals surface area contributed by atoms with Gasteiger partial charge in [0.2, 0.25) is 5.28 Å². The molecule has 1 saturated carbocycles. The number of fused-ring (bicyclic) bond motifs is 2. The molecule has 0 spiro atoms. The summed E-state index contributed by atoms with van der Waals surface area (Å²) in [7, 11) is 0. The van der Waals surface area contributed by atoms with E-state index >= 15 is 0 Å². The third-order valence-electron chi connectivity index (χ3n) is 5.25. The summed E-state index contributed by atoms with van der Waals surface area (Å²) >= 11 is 6.16. The van der Waals surface area contributed by atoms with E-state index in [0.717, 1.165) is 59.4 Å². The van der Waals surface area contributed by atoms with Crippen molar-refractivity contribution in [1.82, 2.24) is 19.9 Å². The van der Waals surface area contributed by atoms with Gasteiger partial charge in [-0.1, -0.05) is 0 Å². The van der Waals surface area contributed by atoms with E-state index in [9.17, 15) is 0 Å². The Morgan fingerprint density at radius 3 is 3.00 bits per heavy atom. The fraction of sp³-hybridized carbons (Fsp3) is 0.286. The maximum atomic E-state index is 6.16. The van der Waals surface area contributed by atoms with E-state index in [4.69, 9.17) is 17.3 Å². The van der Waals surface area contributed by atoms with Gasteiger partial charge in [0, 0.05) is 61.1 Å². The van der Waals surface area contributed by atoms with Gasteiger partial charge in [-0.05, 0) is 48.2 Å². The van der Waals surface area contributed by atoms with Crippen LogP contribution in [0.5, 0.6) is 0 Å². The number of anilines is 1. The normalized spacial score (nSPS) is 17.1. The Morgan fingerprint density at radius 1 is 1.28 bits per heavy atom. The van der Waals surface area contributed by atoms with Crippen LogP contribution in [0.2, 0.25) is 5.28 Å². The molecular formula is C21H20ClN7. The first-order valence-corrected chi connectivity index (χ1v) is 10.1. The molecule has 0 amide bonds. The molecule has 2 aliphatic rings. The summed E-state index contributed by atoms with van der Waals surface area (Å²) in [6.07, 6.45) is 10.2. The molecule has 3 aromatic rings. The van der Waals surface area contributed by atoms with Crippen LogP contribution in [0.15, 0.2) is 41.8 Å². The lowest BCUT2D eigenvalue weighted by Crippen LogP contribution is -2.32. The van der Waals surface area contributed by atoms with Crippen molar-refractivity contribution in [2.45, 2.75) is 31.8 Å². The Morgan fingerprint density at radius 2 is 2.17 bits per heavy atom. The standard InChI is InChI=1S/C21H20ClN7/c22-21-27-19-17(2-1-6-24-19)20(28-21)29-7-5-18-14(12-29)8-13(10-26-18)15(9-23)11-25-16-3-4-16/h1-2,6,8-11,16H,3-5,7,12,23H2/b15-9+,25-11?. The quantitative estimate of drug-likeness (QED) is 0.529. The Bertz CT molecular complexity index is 1140. The Kier molecular flexibility index (Phi) is 4.60. The highest BCUT2D eigenvalue weighted by atomic mass is 35.5. The summed E-state index contributed by atoms with van der Waals surface area (Å²) in [6, 6.07) is 6.46. The van der Waals surface area contributed by atoms with Gasteiger partial charge in [0.1, 0.15) is 5.82 Å². The predicted octanol–water partition coefficient (Wildman–Crippen LogP) is 3.17. The van der Waals surface area contributed by atoms with Crippen molar-refractivity contribution in [3.05, 3.63) is 58.9 Å². The van der Waals surface area contributed by atoms with E-state index in [0.29, 0.717) is 18.2 Å². The predicted molar refractivity (Wildman–Crippen MR) is 115 cm³/mol. The maximum Gasteiger partial charge on any atom is 0.226 e. The van der Waals surface area contributed by atoms with Crippen molar-refractivity contribution in [3.63, 3.8) is 0 Å². The monoisotopic (exact) mass is 405 g/mol. The van der Waals surface area contributed by atoms with E-state index in [1.165, 1.54) is 0 Å². The number of pyridine rings is 2. The molecule has 146 valence electrons. The number of aromatic nitrogens is 4. The highest BCUT2D eigenvalue weighted by molar-refractivity contribution is 6.28. The van der Waals surface area contributed by atoms with Crippen LogP contribution in [0.1, 0.15) is 29.7 Å². The fourth-order valence-electron chi connectivity index (χ4n) is 3.55. The zero-order valence-electron chi connectivity index (χ0n) is 15.8.